The van der Waals surface area contributed by atoms with Crippen LogP contribution in [0.3, 0.4) is 0 Å². The highest BCUT2D eigenvalue weighted by atomic mass is 35.5. The van der Waals surface area contributed by atoms with E-state index in [1.165, 1.54) is 0 Å². The minimum Gasteiger partial charge on any atom is -0.373 e. The van der Waals surface area contributed by atoms with Crippen LogP contribution in [0.2, 0.25) is 10.0 Å². The van der Waals surface area contributed by atoms with Crippen LogP contribution in [-0.4, -0.2) is 17.0 Å². The van der Waals surface area contributed by atoms with Crippen molar-refractivity contribution in [2.24, 2.45) is 0 Å². The van der Waals surface area contributed by atoms with E-state index >= 15 is 0 Å². The van der Waals surface area contributed by atoms with E-state index in [4.69, 9.17) is 23.2 Å². The number of hydrogen-bond donors (Lipinski definition) is 2. The Morgan fingerprint density at radius 1 is 1.00 bits per heavy atom. The Hall–Kier alpha value is -1.52. The summed E-state index contributed by atoms with van der Waals surface area (Å²) in [6.45, 7) is 6.21. The molecule has 0 saturated carbocycles. The van der Waals surface area contributed by atoms with Gasteiger partial charge < -0.3 is 10.6 Å². The molecule has 1 aromatic carbocycles. The van der Waals surface area contributed by atoms with E-state index in [-0.39, 0.29) is 5.41 Å². The lowest BCUT2D eigenvalue weighted by Crippen LogP contribution is -2.17. The first-order chi connectivity index (χ1) is 9.79. The van der Waals surface area contributed by atoms with Crippen molar-refractivity contribution >= 4 is 40.5 Å². The molecule has 0 saturated heterocycles. The standard InChI is InChI=1S/C15H18Cl2N4/c1-15(2,3)14-20-12(18-4)8-13(21-14)19-11-6-5-9(16)7-10(11)17/h5-8H,1-4H3,(H2,18,19,20,21). The van der Waals surface area contributed by atoms with Crippen molar-refractivity contribution in [1.82, 2.24) is 9.97 Å². The van der Waals surface area contributed by atoms with Gasteiger partial charge in [0.1, 0.15) is 17.5 Å². The minimum absolute atomic E-state index is 0.146. The van der Waals surface area contributed by atoms with Gasteiger partial charge in [0.25, 0.3) is 0 Å². The van der Waals surface area contributed by atoms with Crippen LogP contribution in [-0.2, 0) is 5.41 Å². The zero-order chi connectivity index (χ0) is 15.6. The molecule has 2 aromatic rings. The number of hydrogen-bond acceptors (Lipinski definition) is 4. The molecule has 0 aliphatic carbocycles. The lowest BCUT2D eigenvalue weighted by Gasteiger charge is -2.19. The van der Waals surface area contributed by atoms with E-state index in [0.29, 0.717) is 15.9 Å². The predicted octanol–water partition coefficient (Wildman–Crippen LogP) is 4.87. The highest BCUT2D eigenvalue weighted by molar-refractivity contribution is 6.36. The first-order valence-electron chi connectivity index (χ1n) is 6.59. The van der Waals surface area contributed by atoms with E-state index in [1.807, 2.05) is 19.2 Å². The van der Waals surface area contributed by atoms with E-state index in [0.717, 1.165) is 17.3 Å². The first-order valence-corrected chi connectivity index (χ1v) is 7.34. The van der Waals surface area contributed by atoms with Crippen molar-refractivity contribution in [2.45, 2.75) is 26.2 Å². The summed E-state index contributed by atoms with van der Waals surface area (Å²) >= 11 is 12.1. The third-order valence-corrected chi connectivity index (χ3v) is 3.39. The second kappa shape index (κ2) is 6.08. The second-order valence-corrected chi connectivity index (χ2v) is 6.55. The van der Waals surface area contributed by atoms with Gasteiger partial charge in [-0.2, -0.15) is 0 Å². The molecule has 1 aromatic heterocycles. The average Bonchev–Trinajstić information content (AvgIpc) is 2.40. The number of anilines is 3. The molecular formula is C15H18Cl2N4. The molecule has 21 heavy (non-hydrogen) atoms. The Balaban J connectivity index is 2.39. The molecule has 0 radical (unpaired) electrons. The first kappa shape index (κ1) is 15.9. The Morgan fingerprint density at radius 2 is 1.67 bits per heavy atom. The molecule has 0 fully saturated rings. The van der Waals surface area contributed by atoms with Crippen molar-refractivity contribution in [3.05, 3.63) is 40.1 Å². The van der Waals surface area contributed by atoms with Crippen LogP contribution in [0.1, 0.15) is 26.6 Å². The lowest BCUT2D eigenvalue weighted by molar-refractivity contribution is 0.547. The molecule has 112 valence electrons. The summed E-state index contributed by atoms with van der Waals surface area (Å²) in [7, 11) is 1.83. The van der Waals surface area contributed by atoms with Gasteiger partial charge in [-0.15, -0.1) is 0 Å². The molecule has 0 aliphatic heterocycles. The molecule has 0 spiro atoms. The highest BCUT2D eigenvalue weighted by Gasteiger charge is 2.19. The number of aromatic nitrogens is 2. The van der Waals surface area contributed by atoms with Crippen molar-refractivity contribution in [3.63, 3.8) is 0 Å². The van der Waals surface area contributed by atoms with Crippen molar-refractivity contribution in [2.75, 3.05) is 17.7 Å². The van der Waals surface area contributed by atoms with Crippen LogP contribution < -0.4 is 10.6 Å². The lowest BCUT2D eigenvalue weighted by atomic mass is 9.96. The smallest absolute Gasteiger partial charge is 0.138 e. The number of nitrogens with one attached hydrogen (secondary N) is 2. The van der Waals surface area contributed by atoms with Gasteiger partial charge in [0.05, 0.1) is 10.7 Å². The quantitative estimate of drug-likeness (QED) is 0.845. The summed E-state index contributed by atoms with van der Waals surface area (Å²) in [5.74, 6) is 2.19. The van der Waals surface area contributed by atoms with E-state index in [1.54, 1.807) is 12.1 Å². The summed E-state index contributed by atoms with van der Waals surface area (Å²) < 4.78 is 0. The summed E-state index contributed by atoms with van der Waals surface area (Å²) in [5, 5.41) is 7.39. The molecule has 0 unspecified atom stereocenters. The summed E-state index contributed by atoms with van der Waals surface area (Å²) in [4.78, 5) is 9.04. The molecule has 0 bridgehead atoms. The van der Waals surface area contributed by atoms with Crippen LogP contribution in [0.4, 0.5) is 17.3 Å². The van der Waals surface area contributed by atoms with Crippen LogP contribution in [0, 0.1) is 0 Å². The third kappa shape index (κ3) is 3.99. The fourth-order valence-corrected chi connectivity index (χ4v) is 2.16. The van der Waals surface area contributed by atoms with Gasteiger partial charge in [-0.25, -0.2) is 9.97 Å². The Labute approximate surface area is 134 Å². The van der Waals surface area contributed by atoms with Crippen molar-refractivity contribution in [1.29, 1.82) is 0 Å². The summed E-state index contributed by atoms with van der Waals surface area (Å²) in [5.41, 5.74) is 0.606. The van der Waals surface area contributed by atoms with Crippen LogP contribution >= 0.6 is 23.2 Å². The maximum absolute atomic E-state index is 6.18. The third-order valence-electron chi connectivity index (χ3n) is 2.85. The fourth-order valence-electron chi connectivity index (χ4n) is 1.70. The Bertz CT molecular complexity index is 651. The zero-order valence-corrected chi connectivity index (χ0v) is 14.0. The monoisotopic (exact) mass is 324 g/mol. The summed E-state index contributed by atoms with van der Waals surface area (Å²) in [6.07, 6.45) is 0. The van der Waals surface area contributed by atoms with Gasteiger partial charge >= 0.3 is 0 Å². The maximum atomic E-state index is 6.18. The number of halogens is 2. The average molecular weight is 325 g/mol. The molecule has 2 N–H and O–H groups in total. The molecule has 0 aliphatic rings. The van der Waals surface area contributed by atoms with E-state index in [2.05, 4.69) is 41.4 Å². The number of rotatable bonds is 3. The van der Waals surface area contributed by atoms with Crippen LogP contribution in [0.25, 0.3) is 0 Å². The largest absolute Gasteiger partial charge is 0.373 e. The number of benzene rings is 1. The minimum atomic E-state index is -0.146. The second-order valence-electron chi connectivity index (χ2n) is 5.71. The molecule has 1 heterocycles. The zero-order valence-electron chi connectivity index (χ0n) is 12.5. The number of nitrogens with zero attached hydrogens (tertiary/aromatic N) is 2. The van der Waals surface area contributed by atoms with Gasteiger partial charge in [-0.1, -0.05) is 44.0 Å². The van der Waals surface area contributed by atoms with Crippen LogP contribution in [0.15, 0.2) is 24.3 Å². The molecule has 2 rings (SSSR count). The van der Waals surface area contributed by atoms with Gasteiger partial charge in [-0.05, 0) is 18.2 Å². The van der Waals surface area contributed by atoms with E-state index in [9.17, 15) is 0 Å². The normalized spacial score (nSPS) is 11.3. The van der Waals surface area contributed by atoms with Gasteiger partial charge in [0.15, 0.2) is 0 Å². The van der Waals surface area contributed by atoms with E-state index < -0.39 is 0 Å². The van der Waals surface area contributed by atoms with Gasteiger partial charge in [0, 0.05) is 23.6 Å². The maximum Gasteiger partial charge on any atom is 0.138 e. The molecule has 6 heteroatoms. The fraction of sp³-hybridized carbons (Fsp3) is 0.333. The highest BCUT2D eigenvalue weighted by Crippen LogP contribution is 2.29. The molecule has 0 atom stereocenters. The van der Waals surface area contributed by atoms with Gasteiger partial charge in [-0.3, -0.25) is 0 Å². The summed E-state index contributed by atoms with van der Waals surface area (Å²) in [6, 6.07) is 7.12. The van der Waals surface area contributed by atoms with Crippen molar-refractivity contribution in [3.8, 4) is 0 Å². The van der Waals surface area contributed by atoms with Gasteiger partial charge in [0.2, 0.25) is 0 Å². The van der Waals surface area contributed by atoms with Crippen molar-refractivity contribution < 1.29 is 0 Å². The predicted molar refractivity (Wildman–Crippen MR) is 90.0 cm³/mol. The SMILES string of the molecule is CNc1cc(Nc2ccc(Cl)cc2Cl)nc(C(C)(C)C)n1. The topological polar surface area (TPSA) is 49.8 Å². The molecular weight excluding hydrogens is 307 g/mol. The molecule has 0 amide bonds. The van der Waals surface area contributed by atoms with Crippen LogP contribution in [0.5, 0.6) is 0 Å². The Morgan fingerprint density at radius 3 is 2.24 bits per heavy atom. The molecule has 4 nitrogen and oxygen atoms in total. The Kier molecular flexibility index (Phi) is 4.59.